The van der Waals surface area contributed by atoms with Gasteiger partial charge in [-0.2, -0.15) is 5.26 Å². The predicted octanol–water partition coefficient (Wildman–Crippen LogP) is 2.60. The molecule has 0 spiro atoms. The molecule has 10 heteroatoms. The van der Waals surface area contributed by atoms with Gasteiger partial charge in [0.25, 0.3) is 0 Å². The highest BCUT2D eigenvalue weighted by Gasteiger charge is 2.18. The number of nitrogens with zero attached hydrogens (tertiary/aromatic N) is 2. The van der Waals surface area contributed by atoms with Crippen LogP contribution in [0, 0.1) is 21.4 Å². The molecule has 0 fully saturated rings. The minimum atomic E-state index is -1.09. The highest BCUT2D eigenvalue weighted by Crippen LogP contribution is 2.30. The van der Waals surface area contributed by atoms with E-state index in [0.29, 0.717) is 22.6 Å². The maximum absolute atomic E-state index is 11.7. The Morgan fingerprint density at radius 2 is 1.90 bits per heavy atom. The zero-order valence-corrected chi connectivity index (χ0v) is 16.2. The summed E-state index contributed by atoms with van der Waals surface area (Å²) in [6.45, 7) is 0.162. The lowest BCUT2D eigenvalue weighted by Gasteiger charge is -2.12. The number of hydrogen-bond acceptors (Lipinski definition) is 7. The van der Waals surface area contributed by atoms with Crippen LogP contribution in [0.4, 0.5) is 5.69 Å². The summed E-state index contributed by atoms with van der Waals surface area (Å²) in [6.07, 6.45) is 2.74. The van der Waals surface area contributed by atoms with E-state index in [0.717, 1.165) is 5.56 Å². The summed E-state index contributed by atoms with van der Waals surface area (Å²) >= 11 is 0. The Labute approximate surface area is 175 Å². The van der Waals surface area contributed by atoms with E-state index in [1.54, 1.807) is 36.4 Å². The van der Waals surface area contributed by atoms with Gasteiger partial charge in [-0.1, -0.05) is 30.3 Å². The molecular weight excluding hydrogens is 404 g/mol. The largest absolute Gasteiger partial charge is 0.493 e. The van der Waals surface area contributed by atoms with Crippen molar-refractivity contribution < 1.29 is 14.4 Å². The van der Waals surface area contributed by atoms with Crippen LogP contribution in [-0.4, -0.2) is 22.0 Å². The Hall–Kier alpha value is -4.65. The topological polar surface area (TPSA) is 151 Å². The number of aromatic nitrogens is 2. The van der Waals surface area contributed by atoms with Crippen molar-refractivity contribution in [2.24, 2.45) is 0 Å². The van der Waals surface area contributed by atoms with Gasteiger partial charge in [-0.3, -0.25) is 19.9 Å². The molecule has 0 amide bonds. The van der Waals surface area contributed by atoms with Crippen LogP contribution in [0.25, 0.3) is 12.2 Å². The third kappa shape index (κ3) is 4.86. The Balaban J connectivity index is 1.86. The van der Waals surface area contributed by atoms with Gasteiger partial charge in [-0.15, -0.1) is 0 Å². The molecule has 0 saturated heterocycles. The van der Waals surface area contributed by atoms with E-state index in [4.69, 9.17) is 9.47 Å². The van der Waals surface area contributed by atoms with E-state index in [-0.39, 0.29) is 12.3 Å². The van der Waals surface area contributed by atoms with Crippen molar-refractivity contribution in [3.05, 3.63) is 95.8 Å². The Bertz CT molecular complexity index is 1320. The van der Waals surface area contributed by atoms with Gasteiger partial charge in [0.2, 0.25) is 0 Å². The molecule has 0 radical (unpaired) electrons. The lowest BCUT2D eigenvalue weighted by molar-refractivity contribution is -0.386. The number of nitriles is 1. The second kappa shape index (κ2) is 9.23. The Morgan fingerprint density at radius 1 is 1.13 bits per heavy atom. The molecule has 0 aliphatic heterocycles. The van der Waals surface area contributed by atoms with Crippen molar-refractivity contribution in [2.45, 2.75) is 6.61 Å². The van der Waals surface area contributed by atoms with Crippen molar-refractivity contribution in [1.82, 2.24) is 9.97 Å². The van der Waals surface area contributed by atoms with E-state index < -0.39 is 21.9 Å². The quantitative estimate of drug-likeness (QED) is 0.440. The number of rotatable bonds is 7. The average molecular weight is 420 g/mol. The molecule has 0 aliphatic rings. The first-order chi connectivity index (χ1) is 14.9. The van der Waals surface area contributed by atoms with Crippen LogP contribution in [0.2, 0.25) is 0 Å². The minimum Gasteiger partial charge on any atom is -0.493 e. The molecule has 0 saturated carbocycles. The zero-order valence-electron chi connectivity index (χ0n) is 16.2. The number of benzene rings is 2. The number of aromatic amines is 2. The molecule has 3 aromatic rings. The van der Waals surface area contributed by atoms with E-state index >= 15 is 0 Å². The highest BCUT2D eigenvalue weighted by atomic mass is 16.6. The van der Waals surface area contributed by atoms with E-state index in [2.05, 4.69) is 11.1 Å². The number of H-pyrrole nitrogens is 2. The first kappa shape index (κ1) is 21.1. The van der Waals surface area contributed by atoms with Gasteiger partial charge in [0, 0.05) is 5.56 Å². The Morgan fingerprint density at radius 3 is 2.61 bits per heavy atom. The fraction of sp³-hybridized carbons (Fsp3) is 0.0952. The maximum atomic E-state index is 11.7. The molecule has 10 nitrogen and oxygen atoms in total. The molecule has 3 rings (SSSR count). The third-order valence-corrected chi connectivity index (χ3v) is 4.28. The summed E-state index contributed by atoms with van der Waals surface area (Å²) in [5.74, 6) is 0.827. The van der Waals surface area contributed by atoms with Crippen LogP contribution >= 0.6 is 0 Å². The standard InChI is InChI=1S/C21H16N4O6/c1-30-18-10-13(6-8-16-19(25(28)29)20(26)24-21(27)23-16)7-9-17(18)31-12-15-5-3-2-4-14(15)11-22/h2-10H,12H2,1H3,(H2,23,24,26,27)/b8-6+. The van der Waals surface area contributed by atoms with Crippen molar-refractivity contribution in [3.63, 3.8) is 0 Å². The third-order valence-electron chi connectivity index (χ3n) is 4.28. The summed E-state index contributed by atoms with van der Waals surface area (Å²) in [5, 5.41) is 20.3. The molecule has 2 N–H and O–H groups in total. The van der Waals surface area contributed by atoms with Crippen LogP contribution in [-0.2, 0) is 6.61 Å². The number of nitrogens with one attached hydrogen (secondary N) is 2. The number of hydrogen-bond donors (Lipinski definition) is 2. The molecule has 1 heterocycles. The van der Waals surface area contributed by atoms with E-state index in [9.17, 15) is 25.0 Å². The molecule has 0 bridgehead atoms. The molecule has 2 aromatic carbocycles. The fourth-order valence-corrected chi connectivity index (χ4v) is 2.80. The average Bonchev–Trinajstić information content (AvgIpc) is 2.75. The molecule has 31 heavy (non-hydrogen) atoms. The molecule has 0 unspecified atom stereocenters. The Kier molecular flexibility index (Phi) is 6.27. The zero-order chi connectivity index (χ0) is 22.4. The van der Waals surface area contributed by atoms with Crippen molar-refractivity contribution in [1.29, 1.82) is 5.26 Å². The van der Waals surface area contributed by atoms with Gasteiger partial charge in [-0.05, 0) is 29.8 Å². The van der Waals surface area contributed by atoms with Crippen LogP contribution in [0.3, 0.4) is 0 Å². The second-order valence-corrected chi connectivity index (χ2v) is 6.23. The number of ether oxygens (including phenoxy) is 2. The van der Waals surface area contributed by atoms with Crippen molar-refractivity contribution in [3.8, 4) is 17.6 Å². The fourth-order valence-electron chi connectivity index (χ4n) is 2.80. The first-order valence-corrected chi connectivity index (χ1v) is 8.91. The van der Waals surface area contributed by atoms with Gasteiger partial charge < -0.3 is 14.5 Å². The summed E-state index contributed by atoms with van der Waals surface area (Å²) in [5.41, 5.74) is -1.13. The van der Waals surface area contributed by atoms with Crippen LogP contribution in [0.15, 0.2) is 52.1 Å². The second-order valence-electron chi connectivity index (χ2n) is 6.23. The van der Waals surface area contributed by atoms with Crippen LogP contribution < -0.4 is 20.7 Å². The van der Waals surface area contributed by atoms with Gasteiger partial charge in [0.15, 0.2) is 11.5 Å². The van der Waals surface area contributed by atoms with Gasteiger partial charge in [0.1, 0.15) is 12.3 Å². The van der Waals surface area contributed by atoms with Crippen molar-refractivity contribution in [2.75, 3.05) is 7.11 Å². The van der Waals surface area contributed by atoms with Gasteiger partial charge >= 0.3 is 16.9 Å². The van der Waals surface area contributed by atoms with Crippen molar-refractivity contribution >= 4 is 17.8 Å². The maximum Gasteiger partial charge on any atom is 0.357 e. The molecule has 1 aromatic heterocycles. The van der Waals surface area contributed by atoms with Crippen LogP contribution in [0.5, 0.6) is 11.5 Å². The molecule has 0 aliphatic carbocycles. The summed E-state index contributed by atoms with van der Waals surface area (Å²) in [6, 6.07) is 14.1. The minimum absolute atomic E-state index is 0.162. The smallest absolute Gasteiger partial charge is 0.357 e. The van der Waals surface area contributed by atoms with Crippen LogP contribution in [0.1, 0.15) is 22.4 Å². The lowest BCUT2D eigenvalue weighted by Crippen LogP contribution is -2.25. The summed E-state index contributed by atoms with van der Waals surface area (Å²) < 4.78 is 11.1. The normalized spacial score (nSPS) is 10.6. The number of methoxy groups -OCH3 is 1. The predicted molar refractivity (Wildman–Crippen MR) is 112 cm³/mol. The van der Waals surface area contributed by atoms with Gasteiger partial charge in [0.05, 0.1) is 23.7 Å². The summed E-state index contributed by atoms with van der Waals surface area (Å²) in [7, 11) is 1.46. The molecule has 0 atom stereocenters. The van der Waals surface area contributed by atoms with E-state index in [1.807, 2.05) is 11.1 Å². The first-order valence-electron chi connectivity index (χ1n) is 8.91. The molecule has 156 valence electrons. The molecular formula is C21H16N4O6. The van der Waals surface area contributed by atoms with E-state index in [1.165, 1.54) is 19.3 Å². The number of nitro groups is 1. The highest BCUT2D eigenvalue weighted by molar-refractivity contribution is 5.72. The van der Waals surface area contributed by atoms with Gasteiger partial charge in [-0.25, -0.2) is 4.79 Å². The SMILES string of the molecule is COc1cc(/C=C/c2[nH]c(=O)[nH]c(=O)c2[N+](=O)[O-])ccc1OCc1ccccc1C#N. The lowest BCUT2D eigenvalue weighted by atomic mass is 10.1. The monoisotopic (exact) mass is 420 g/mol. The summed E-state index contributed by atoms with van der Waals surface area (Å²) in [4.78, 5) is 37.4.